The fraction of sp³-hybridized carbons (Fsp3) is 0.286. The van der Waals surface area contributed by atoms with E-state index in [9.17, 15) is 19.1 Å². The van der Waals surface area contributed by atoms with Crippen LogP contribution in [0.25, 0.3) is 16.8 Å². The highest BCUT2D eigenvalue weighted by atomic mass is 35.5. The molecule has 2 aliphatic heterocycles. The molecule has 0 radical (unpaired) electrons. The Labute approximate surface area is 225 Å². The first-order valence-electron chi connectivity index (χ1n) is 12.0. The highest BCUT2D eigenvalue weighted by molar-refractivity contribution is 6.34. The van der Waals surface area contributed by atoms with Gasteiger partial charge in [-0.1, -0.05) is 30.8 Å². The number of pyridine rings is 2. The number of allylic oxidation sites excluding steroid dienone is 4. The van der Waals surface area contributed by atoms with Crippen LogP contribution in [-0.2, 0) is 4.79 Å². The maximum atomic E-state index is 14.9. The van der Waals surface area contributed by atoms with Gasteiger partial charge in [0.1, 0.15) is 28.8 Å². The number of nitrogens with zero attached hydrogens (tertiary/aromatic N) is 4. The smallest absolute Gasteiger partial charge is 0.260 e. The van der Waals surface area contributed by atoms with Gasteiger partial charge in [0.15, 0.2) is 5.75 Å². The Kier molecular flexibility index (Phi) is 7.68. The van der Waals surface area contributed by atoms with Crippen LogP contribution in [0, 0.1) is 13.8 Å². The minimum Gasteiger partial charge on any atom is -0.507 e. The van der Waals surface area contributed by atoms with Crippen molar-refractivity contribution in [2.45, 2.75) is 26.8 Å². The zero-order chi connectivity index (χ0) is 27.7. The molecule has 2 amide bonds. The summed E-state index contributed by atoms with van der Waals surface area (Å²) in [6.45, 7) is 12.8. The number of carbonyl (C=O) groups excluding carboxylic acids is 2. The highest BCUT2D eigenvalue weighted by Gasteiger charge is 2.40. The van der Waals surface area contributed by atoms with E-state index in [-0.39, 0.29) is 64.8 Å². The number of aromatic nitrogens is 2. The minimum absolute atomic E-state index is 0.0282. The zero-order valence-electron chi connectivity index (χ0n) is 21.4. The first kappa shape index (κ1) is 27.1. The van der Waals surface area contributed by atoms with Crippen molar-refractivity contribution in [3.05, 3.63) is 82.8 Å². The van der Waals surface area contributed by atoms with E-state index < -0.39 is 17.6 Å². The Morgan fingerprint density at radius 3 is 2.66 bits per heavy atom. The maximum Gasteiger partial charge on any atom is 0.260 e. The topological polar surface area (TPSA) is 95.9 Å². The molecule has 198 valence electrons. The largest absolute Gasteiger partial charge is 0.507 e. The molecule has 2 aromatic rings. The van der Waals surface area contributed by atoms with E-state index in [2.05, 4.69) is 23.1 Å². The second kappa shape index (κ2) is 10.8. The first-order valence-corrected chi connectivity index (χ1v) is 12.4. The number of aliphatic hydroxyl groups is 1. The van der Waals surface area contributed by atoms with Crippen molar-refractivity contribution < 1.29 is 23.8 Å². The van der Waals surface area contributed by atoms with Crippen LogP contribution in [0.1, 0.15) is 34.2 Å². The average molecular weight is 539 g/mol. The van der Waals surface area contributed by atoms with Gasteiger partial charge in [-0.3, -0.25) is 14.6 Å². The fourth-order valence-electron chi connectivity index (χ4n) is 4.85. The van der Waals surface area contributed by atoms with Crippen molar-refractivity contribution in [2.75, 3.05) is 26.2 Å². The van der Waals surface area contributed by atoms with Crippen LogP contribution in [-0.4, -0.2) is 69.0 Å². The number of piperazine rings is 1. The third kappa shape index (κ3) is 4.69. The molecule has 1 fully saturated rings. The van der Waals surface area contributed by atoms with Crippen LogP contribution < -0.4 is 4.74 Å². The molecule has 0 bridgehead atoms. The van der Waals surface area contributed by atoms with Gasteiger partial charge in [0.25, 0.3) is 5.91 Å². The first-order chi connectivity index (χ1) is 18.1. The molecule has 1 saturated heterocycles. The Hall–Kier alpha value is -3.98. The van der Waals surface area contributed by atoms with E-state index in [1.807, 2.05) is 6.92 Å². The van der Waals surface area contributed by atoms with E-state index in [1.54, 1.807) is 29.0 Å². The summed E-state index contributed by atoms with van der Waals surface area (Å²) in [5.41, 5.74) is 1.93. The number of carbonyl (C=O) groups is 2. The number of aliphatic hydroxyl groups excluding tert-OH is 1. The lowest BCUT2D eigenvalue weighted by Gasteiger charge is -2.39. The monoisotopic (exact) mass is 538 g/mol. The minimum atomic E-state index is -0.739. The summed E-state index contributed by atoms with van der Waals surface area (Å²) in [6.07, 6.45) is 5.41. The predicted molar refractivity (Wildman–Crippen MR) is 144 cm³/mol. The van der Waals surface area contributed by atoms with Crippen LogP contribution in [0.5, 0.6) is 5.75 Å². The van der Waals surface area contributed by atoms with E-state index in [0.717, 1.165) is 5.56 Å². The predicted octanol–water partition coefficient (Wildman–Crippen LogP) is 4.97. The highest BCUT2D eigenvalue weighted by Crippen LogP contribution is 2.44. The molecule has 38 heavy (non-hydrogen) atoms. The molecule has 4 heterocycles. The quantitative estimate of drug-likeness (QED) is 0.328. The third-order valence-corrected chi connectivity index (χ3v) is 7.01. The molecule has 2 aliphatic rings. The standard InChI is InChI=1S/C28H28ClFN4O4/c1-6-8-19(35)22(16(4)30)26-24(29)27-23(25(32-26)21-15(3)9-10-31-17(21)5)28(37)34-12-11-33(20(36)7-2)13-18(34)14-38-27/h6-10,18,35H,1-2,11-14H2,3-5H3/b19-8+,22-16-/t18-/m1/s1. The van der Waals surface area contributed by atoms with E-state index in [1.165, 1.54) is 25.2 Å². The lowest BCUT2D eigenvalue weighted by molar-refractivity contribution is -0.128. The summed E-state index contributed by atoms with van der Waals surface area (Å²) < 4.78 is 21.0. The van der Waals surface area contributed by atoms with Crippen LogP contribution in [0.2, 0.25) is 5.02 Å². The molecule has 0 saturated carbocycles. The molecule has 0 spiro atoms. The van der Waals surface area contributed by atoms with Crippen LogP contribution in [0.4, 0.5) is 4.39 Å². The number of hydrogen-bond acceptors (Lipinski definition) is 6. The number of aryl methyl sites for hydroxylation is 2. The second-order valence-corrected chi connectivity index (χ2v) is 9.44. The summed E-state index contributed by atoms with van der Waals surface area (Å²) in [5, 5.41) is 10.5. The van der Waals surface area contributed by atoms with Crippen molar-refractivity contribution in [2.24, 2.45) is 0 Å². The van der Waals surface area contributed by atoms with Gasteiger partial charge >= 0.3 is 0 Å². The van der Waals surface area contributed by atoms with Gasteiger partial charge in [0.05, 0.1) is 23.0 Å². The SMILES string of the molecule is C=C/C=C(O)\C(=C(/C)F)c1nc(-c2c(C)ccnc2C)c2c(c1Cl)OC[C@H]1CN(C(=O)C=C)CCN1C2=O. The van der Waals surface area contributed by atoms with Gasteiger partial charge < -0.3 is 19.6 Å². The summed E-state index contributed by atoms with van der Waals surface area (Å²) in [4.78, 5) is 38.6. The fourth-order valence-corrected chi connectivity index (χ4v) is 5.13. The van der Waals surface area contributed by atoms with Gasteiger partial charge in [0.2, 0.25) is 5.91 Å². The summed E-state index contributed by atoms with van der Waals surface area (Å²) in [5.74, 6) is -1.76. The number of amides is 2. The van der Waals surface area contributed by atoms with E-state index in [4.69, 9.17) is 16.3 Å². The Morgan fingerprint density at radius 2 is 2.03 bits per heavy atom. The Morgan fingerprint density at radius 1 is 1.29 bits per heavy atom. The number of halogens is 2. The third-order valence-electron chi connectivity index (χ3n) is 6.66. The molecule has 0 aliphatic carbocycles. The van der Waals surface area contributed by atoms with Gasteiger partial charge in [0, 0.05) is 37.1 Å². The van der Waals surface area contributed by atoms with Crippen molar-refractivity contribution in [3.63, 3.8) is 0 Å². The zero-order valence-corrected chi connectivity index (χ0v) is 22.2. The number of hydrogen-bond donors (Lipinski definition) is 1. The summed E-state index contributed by atoms with van der Waals surface area (Å²) in [6, 6.07) is 1.32. The maximum absolute atomic E-state index is 14.9. The molecule has 2 aromatic heterocycles. The Balaban J connectivity index is 2.00. The van der Waals surface area contributed by atoms with Crippen molar-refractivity contribution >= 4 is 29.0 Å². The molecule has 0 aromatic carbocycles. The molecule has 1 N–H and O–H groups in total. The molecule has 0 unspecified atom stereocenters. The number of rotatable bonds is 5. The van der Waals surface area contributed by atoms with Crippen LogP contribution in [0.3, 0.4) is 0 Å². The summed E-state index contributed by atoms with van der Waals surface area (Å²) >= 11 is 6.77. The average Bonchev–Trinajstić information content (AvgIpc) is 3.02. The summed E-state index contributed by atoms with van der Waals surface area (Å²) in [7, 11) is 0. The van der Waals surface area contributed by atoms with Gasteiger partial charge in [-0.2, -0.15) is 0 Å². The second-order valence-electron chi connectivity index (χ2n) is 9.06. The lowest BCUT2D eigenvalue weighted by atomic mass is 9.96. The van der Waals surface area contributed by atoms with Crippen LogP contribution >= 0.6 is 11.6 Å². The molecule has 4 rings (SSSR count). The van der Waals surface area contributed by atoms with Gasteiger partial charge in [-0.25, -0.2) is 9.37 Å². The van der Waals surface area contributed by atoms with Crippen molar-refractivity contribution in [1.29, 1.82) is 0 Å². The van der Waals surface area contributed by atoms with Crippen LogP contribution in [0.15, 0.2) is 55.2 Å². The van der Waals surface area contributed by atoms with Gasteiger partial charge in [-0.05, 0) is 44.6 Å². The van der Waals surface area contributed by atoms with E-state index >= 15 is 0 Å². The lowest BCUT2D eigenvalue weighted by Crippen LogP contribution is -2.57. The molecular formula is C28H28ClFN4O4. The molecule has 10 heteroatoms. The van der Waals surface area contributed by atoms with Crippen molar-refractivity contribution in [3.8, 4) is 17.0 Å². The van der Waals surface area contributed by atoms with E-state index in [0.29, 0.717) is 17.8 Å². The Bertz CT molecular complexity index is 1390. The number of fused-ring (bicyclic) bond motifs is 2. The molecular weight excluding hydrogens is 511 g/mol. The molecule has 1 atom stereocenters. The van der Waals surface area contributed by atoms with Crippen molar-refractivity contribution in [1.82, 2.24) is 19.8 Å². The normalized spacial score (nSPS) is 18.1. The van der Waals surface area contributed by atoms with Gasteiger partial charge in [-0.15, -0.1) is 0 Å². The number of ether oxygens (including phenoxy) is 1. The molecule has 8 nitrogen and oxygen atoms in total.